The van der Waals surface area contributed by atoms with E-state index < -0.39 is 0 Å². The normalized spacial score (nSPS) is 16.0. The van der Waals surface area contributed by atoms with E-state index in [1.54, 1.807) is 16.9 Å². The Morgan fingerprint density at radius 3 is 2.47 bits per heavy atom. The second kappa shape index (κ2) is 13.5. The number of anilines is 2. The van der Waals surface area contributed by atoms with Crippen LogP contribution in [0.5, 0.6) is 0 Å². The molecule has 1 fully saturated rings. The van der Waals surface area contributed by atoms with Gasteiger partial charge in [0.15, 0.2) is 0 Å². The molecule has 45 heavy (non-hydrogen) atoms. The molecule has 1 aliphatic carbocycles. The summed E-state index contributed by atoms with van der Waals surface area (Å²) in [6.07, 6.45) is 11.4. The van der Waals surface area contributed by atoms with Crippen LogP contribution in [0.3, 0.4) is 0 Å². The quantitative estimate of drug-likeness (QED) is 0.210. The Labute approximate surface area is 265 Å². The summed E-state index contributed by atoms with van der Waals surface area (Å²) in [7, 11) is 1.88. The summed E-state index contributed by atoms with van der Waals surface area (Å²) in [6.45, 7) is 0. The van der Waals surface area contributed by atoms with Crippen LogP contribution in [0, 0.1) is 22.7 Å². The molecule has 0 atom stereocenters. The zero-order valence-corrected chi connectivity index (χ0v) is 25.6. The number of nitrogens with one attached hydrogen (secondary N) is 1. The predicted octanol–water partition coefficient (Wildman–Crippen LogP) is 6.13. The van der Waals surface area contributed by atoms with Crippen molar-refractivity contribution in [3.63, 3.8) is 0 Å². The minimum absolute atomic E-state index is 0.0102. The Balaban J connectivity index is 1.17. The molecule has 1 aromatic carbocycles. The van der Waals surface area contributed by atoms with Crippen molar-refractivity contribution in [3.8, 4) is 33.8 Å². The van der Waals surface area contributed by atoms with Crippen molar-refractivity contribution in [2.24, 2.45) is 7.05 Å². The van der Waals surface area contributed by atoms with Gasteiger partial charge in [0.25, 0.3) is 0 Å². The molecular weight excluding hydrogens is 583 g/mol. The van der Waals surface area contributed by atoms with Gasteiger partial charge in [-0.25, -0.2) is 15.0 Å². The summed E-state index contributed by atoms with van der Waals surface area (Å²) in [5.74, 6) is 1.16. The number of thiophene rings is 1. The molecule has 0 spiro atoms. The van der Waals surface area contributed by atoms with Crippen LogP contribution in [-0.4, -0.2) is 42.7 Å². The summed E-state index contributed by atoms with van der Waals surface area (Å²) < 4.78 is 1.76. The van der Waals surface area contributed by atoms with Crippen molar-refractivity contribution in [2.75, 3.05) is 10.2 Å². The van der Waals surface area contributed by atoms with E-state index >= 15 is 0 Å². The molecule has 5 aromatic rings. The van der Waals surface area contributed by atoms with E-state index in [0.29, 0.717) is 40.7 Å². The third-order valence-corrected chi connectivity index (χ3v) is 9.02. The van der Waals surface area contributed by atoms with Crippen molar-refractivity contribution in [2.45, 2.75) is 50.6 Å². The van der Waals surface area contributed by atoms with E-state index in [1.165, 1.54) is 17.5 Å². The highest BCUT2D eigenvalue weighted by atomic mass is 32.1. The van der Waals surface area contributed by atoms with E-state index in [0.717, 1.165) is 47.3 Å². The first-order valence-corrected chi connectivity index (χ1v) is 15.7. The third kappa shape index (κ3) is 6.90. The molecule has 11 heteroatoms. The number of amides is 1. The summed E-state index contributed by atoms with van der Waals surface area (Å²) in [5.41, 5.74) is 3.94. The highest BCUT2D eigenvalue weighted by Gasteiger charge is 2.31. The fourth-order valence-corrected chi connectivity index (χ4v) is 6.52. The lowest BCUT2D eigenvalue weighted by molar-refractivity contribution is -0.119. The number of hydrogen-bond acceptors (Lipinski definition) is 9. The average Bonchev–Trinajstić information content (AvgIpc) is 3.75. The van der Waals surface area contributed by atoms with E-state index in [2.05, 4.69) is 32.5 Å². The van der Waals surface area contributed by atoms with Gasteiger partial charge in [-0.15, -0.1) is 11.3 Å². The maximum Gasteiger partial charge on any atom is 0.228 e. The summed E-state index contributed by atoms with van der Waals surface area (Å²) in [4.78, 5) is 30.8. The highest BCUT2D eigenvalue weighted by molar-refractivity contribution is 7.16. The SMILES string of the molecule is Cn1cc(-c2ccc(N(C(=O)CCc3ccccc3)C3CCC(Nc4ncc(C#N)c(-c5ccc(C#N)s5)n4)CC3)nc2)cn1. The number of aromatic nitrogens is 5. The highest BCUT2D eigenvalue weighted by Crippen LogP contribution is 2.32. The lowest BCUT2D eigenvalue weighted by atomic mass is 9.89. The first-order valence-electron chi connectivity index (χ1n) is 14.9. The van der Waals surface area contributed by atoms with Crippen LogP contribution in [0.4, 0.5) is 11.8 Å². The number of carbonyl (C=O) groups excluding carboxylic acids is 1. The zero-order valence-electron chi connectivity index (χ0n) is 24.8. The third-order valence-electron chi connectivity index (χ3n) is 8.03. The molecule has 1 N–H and O–H groups in total. The molecule has 1 saturated carbocycles. The van der Waals surface area contributed by atoms with Crippen LogP contribution in [0.2, 0.25) is 0 Å². The largest absolute Gasteiger partial charge is 0.351 e. The van der Waals surface area contributed by atoms with Crippen LogP contribution in [-0.2, 0) is 18.3 Å². The number of nitriles is 2. The lowest BCUT2D eigenvalue weighted by Gasteiger charge is -2.36. The van der Waals surface area contributed by atoms with Crippen LogP contribution in [0.1, 0.15) is 48.1 Å². The van der Waals surface area contributed by atoms with Crippen LogP contribution < -0.4 is 10.2 Å². The molecule has 0 unspecified atom stereocenters. The number of hydrogen-bond donors (Lipinski definition) is 1. The number of benzene rings is 1. The first-order chi connectivity index (χ1) is 22.0. The van der Waals surface area contributed by atoms with E-state index in [4.69, 9.17) is 4.98 Å². The molecule has 4 aromatic heterocycles. The molecule has 0 bridgehead atoms. The monoisotopic (exact) mass is 613 g/mol. The van der Waals surface area contributed by atoms with Crippen molar-refractivity contribution in [1.82, 2.24) is 24.7 Å². The van der Waals surface area contributed by atoms with Gasteiger partial charge < -0.3 is 5.32 Å². The van der Waals surface area contributed by atoms with Gasteiger partial charge in [0.1, 0.15) is 28.5 Å². The molecular formula is C34H31N9OS. The molecule has 0 saturated heterocycles. The molecule has 1 amide bonds. The Bertz CT molecular complexity index is 1860. The van der Waals surface area contributed by atoms with E-state index in [9.17, 15) is 15.3 Å². The molecule has 10 nitrogen and oxygen atoms in total. The number of aryl methyl sites for hydroxylation is 2. The minimum Gasteiger partial charge on any atom is -0.351 e. The van der Waals surface area contributed by atoms with E-state index in [-0.39, 0.29) is 18.0 Å². The summed E-state index contributed by atoms with van der Waals surface area (Å²) >= 11 is 1.30. The molecule has 0 radical (unpaired) electrons. The molecule has 0 aliphatic heterocycles. The number of carbonyl (C=O) groups is 1. The summed E-state index contributed by atoms with van der Waals surface area (Å²) in [6, 6.07) is 21.9. The molecule has 224 valence electrons. The fraction of sp³-hybridized carbons (Fsp3) is 0.265. The average molecular weight is 614 g/mol. The minimum atomic E-state index is 0.0102. The van der Waals surface area contributed by atoms with Crippen molar-refractivity contribution in [1.29, 1.82) is 10.5 Å². The van der Waals surface area contributed by atoms with Crippen molar-refractivity contribution >= 4 is 29.0 Å². The number of rotatable bonds is 9. The standard InChI is InChI=1S/C34H31N9OS/c1-42-22-26(21-39-42)24-8-15-31(37-19-24)43(32(44)16-7-23-5-3-2-4-6-23)28-11-9-27(10-12-28)40-34-38-20-25(17-35)33(41-34)30-14-13-29(18-36)45-30/h2-6,8,13-15,19-22,27-28H,7,9-12,16H2,1H3,(H,38,40,41). The van der Waals surface area contributed by atoms with Gasteiger partial charge in [0.05, 0.1) is 22.8 Å². The second-order valence-corrected chi connectivity index (χ2v) is 12.1. The van der Waals surface area contributed by atoms with Gasteiger partial charge in [-0.3, -0.25) is 14.4 Å². The fourth-order valence-electron chi connectivity index (χ4n) is 5.71. The Kier molecular flexibility index (Phi) is 8.90. The number of pyridine rings is 1. The zero-order chi connectivity index (χ0) is 31.2. The topological polar surface area (TPSA) is 136 Å². The number of nitrogens with zero attached hydrogens (tertiary/aromatic N) is 8. The van der Waals surface area contributed by atoms with Crippen LogP contribution in [0.25, 0.3) is 21.7 Å². The van der Waals surface area contributed by atoms with Gasteiger partial charge in [-0.1, -0.05) is 30.3 Å². The van der Waals surface area contributed by atoms with Gasteiger partial charge in [-0.2, -0.15) is 15.6 Å². The molecule has 4 heterocycles. The van der Waals surface area contributed by atoms with Crippen molar-refractivity contribution in [3.05, 3.63) is 95.4 Å². The van der Waals surface area contributed by atoms with Gasteiger partial charge in [-0.05, 0) is 61.9 Å². The van der Waals surface area contributed by atoms with Crippen molar-refractivity contribution < 1.29 is 4.79 Å². The lowest BCUT2D eigenvalue weighted by Crippen LogP contribution is -2.45. The first kappa shape index (κ1) is 29.7. The van der Waals surface area contributed by atoms with Crippen LogP contribution in [0.15, 0.2) is 79.4 Å². The molecule has 1 aliphatic rings. The Morgan fingerprint density at radius 1 is 0.978 bits per heavy atom. The summed E-state index contributed by atoms with van der Waals surface area (Å²) in [5, 5.41) is 26.5. The van der Waals surface area contributed by atoms with E-state index in [1.807, 2.05) is 72.9 Å². The molecule has 6 rings (SSSR count). The van der Waals surface area contributed by atoms with Gasteiger partial charge >= 0.3 is 0 Å². The second-order valence-electron chi connectivity index (χ2n) is 11.1. The maximum atomic E-state index is 13.8. The van der Waals surface area contributed by atoms with Crippen LogP contribution >= 0.6 is 11.3 Å². The van der Waals surface area contributed by atoms with Gasteiger partial charge in [0.2, 0.25) is 11.9 Å². The smallest absolute Gasteiger partial charge is 0.228 e. The predicted molar refractivity (Wildman–Crippen MR) is 173 cm³/mol. The Hall–Kier alpha value is -5.39. The Morgan fingerprint density at radius 2 is 1.80 bits per heavy atom. The van der Waals surface area contributed by atoms with Gasteiger partial charge in [0, 0.05) is 49.1 Å². The maximum absolute atomic E-state index is 13.8.